The molecule has 210 valence electrons. The maximum atomic E-state index is 11.7. The van der Waals surface area contributed by atoms with Gasteiger partial charge in [0.05, 0.1) is 11.1 Å². The zero-order chi connectivity index (χ0) is 28.8. The third kappa shape index (κ3) is 7.25. The second-order valence-electron chi connectivity index (χ2n) is 11.5. The van der Waals surface area contributed by atoms with E-state index in [-0.39, 0.29) is 16.5 Å². The lowest BCUT2D eigenvalue weighted by molar-refractivity contribution is 0.0696. The minimum absolute atomic E-state index is 0.0678. The van der Waals surface area contributed by atoms with Crippen LogP contribution in [0.15, 0.2) is 48.5 Å². The zero-order valence-corrected chi connectivity index (χ0v) is 24.6. The third-order valence-electron chi connectivity index (χ3n) is 7.59. The van der Waals surface area contributed by atoms with Crippen LogP contribution in [-0.2, 0) is 11.0 Å². The summed E-state index contributed by atoms with van der Waals surface area (Å²) in [7, 11) is 0. The monoisotopic (exact) mass is 532 g/mol. The second kappa shape index (κ2) is 12.0. The van der Waals surface area contributed by atoms with Crippen LogP contribution in [0.4, 0.5) is 23.3 Å². The Labute approximate surface area is 233 Å². The van der Waals surface area contributed by atoms with Gasteiger partial charge < -0.3 is 21.1 Å². The highest BCUT2D eigenvalue weighted by Crippen LogP contribution is 2.35. The Morgan fingerprint density at radius 2 is 1.38 bits per heavy atom. The van der Waals surface area contributed by atoms with Gasteiger partial charge in [0.2, 0.25) is 11.9 Å². The molecule has 8 heteroatoms. The van der Waals surface area contributed by atoms with Gasteiger partial charge >= 0.3 is 5.97 Å². The summed E-state index contributed by atoms with van der Waals surface area (Å²) in [6.45, 7) is 17.0. The predicted octanol–water partition coefficient (Wildman–Crippen LogP) is 7.73. The number of hydrogen-bond acceptors (Lipinski definition) is 7. The smallest absolute Gasteiger partial charge is 0.335 e. The van der Waals surface area contributed by atoms with Gasteiger partial charge in [-0.1, -0.05) is 52.8 Å². The normalized spacial score (nSPS) is 12.2. The average molecular weight is 533 g/mol. The molecule has 1 aromatic heterocycles. The van der Waals surface area contributed by atoms with Crippen LogP contribution in [0.3, 0.4) is 0 Å². The molecule has 0 aliphatic carbocycles. The SMILES string of the molecule is CCC(C)(CC)c1nc(Nc2cccc(NC(C)(C)C)c2)nc(NC(CC)(CC)c2cccc(C(=O)O)c2)n1. The summed E-state index contributed by atoms with van der Waals surface area (Å²) in [4.78, 5) is 26.3. The summed E-state index contributed by atoms with van der Waals surface area (Å²) in [5.41, 5.74) is 2.17. The van der Waals surface area contributed by atoms with Gasteiger partial charge in [-0.3, -0.25) is 0 Å². The Kier molecular flexibility index (Phi) is 9.20. The topological polar surface area (TPSA) is 112 Å². The average Bonchev–Trinajstić information content (AvgIpc) is 2.90. The van der Waals surface area contributed by atoms with Crippen molar-refractivity contribution in [1.82, 2.24) is 15.0 Å². The Morgan fingerprint density at radius 3 is 1.97 bits per heavy atom. The molecule has 0 aliphatic heterocycles. The molecule has 4 N–H and O–H groups in total. The van der Waals surface area contributed by atoms with Gasteiger partial charge in [0.15, 0.2) is 0 Å². The van der Waals surface area contributed by atoms with E-state index in [1.54, 1.807) is 18.2 Å². The molecular formula is C31H44N6O2. The van der Waals surface area contributed by atoms with Gasteiger partial charge in [-0.25, -0.2) is 4.79 Å². The molecule has 0 radical (unpaired) electrons. The maximum Gasteiger partial charge on any atom is 0.335 e. The van der Waals surface area contributed by atoms with Crippen molar-refractivity contribution in [3.05, 3.63) is 65.5 Å². The molecule has 39 heavy (non-hydrogen) atoms. The summed E-state index contributed by atoms with van der Waals surface area (Å²) in [6.07, 6.45) is 3.20. The van der Waals surface area contributed by atoms with Gasteiger partial charge in [-0.15, -0.1) is 0 Å². The number of anilines is 4. The molecule has 0 aliphatic rings. The minimum Gasteiger partial charge on any atom is -0.478 e. The lowest BCUT2D eigenvalue weighted by Crippen LogP contribution is -2.36. The minimum atomic E-state index is -0.947. The van der Waals surface area contributed by atoms with Gasteiger partial charge in [0.25, 0.3) is 0 Å². The fourth-order valence-electron chi connectivity index (χ4n) is 4.63. The van der Waals surface area contributed by atoms with Crippen LogP contribution in [0.5, 0.6) is 0 Å². The third-order valence-corrected chi connectivity index (χ3v) is 7.59. The summed E-state index contributed by atoms with van der Waals surface area (Å²) in [6, 6.07) is 15.2. The molecule has 3 rings (SSSR count). The molecule has 0 unspecified atom stereocenters. The van der Waals surface area contributed by atoms with Gasteiger partial charge in [-0.05, 0) is 82.3 Å². The number of carboxylic acid groups (broad SMARTS) is 1. The number of nitrogens with one attached hydrogen (secondary N) is 3. The van der Waals surface area contributed by atoms with E-state index in [1.807, 2.05) is 30.3 Å². The van der Waals surface area contributed by atoms with E-state index in [0.29, 0.717) is 11.9 Å². The summed E-state index contributed by atoms with van der Waals surface area (Å²) in [5, 5.41) is 20.1. The number of benzene rings is 2. The maximum absolute atomic E-state index is 11.7. The predicted molar refractivity (Wildman–Crippen MR) is 160 cm³/mol. The fraction of sp³-hybridized carbons (Fsp3) is 0.484. The van der Waals surface area contributed by atoms with Crippen LogP contribution in [0.25, 0.3) is 0 Å². The molecule has 0 saturated carbocycles. The molecular weight excluding hydrogens is 488 g/mol. The van der Waals surface area contributed by atoms with Crippen molar-refractivity contribution in [2.24, 2.45) is 0 Å². The molecule has 0 amide bonds. The first kappa shape index (κ1) is 29.9. The Bertz CT molecular complexity index is 1280. The lowest BCUT2D eigenvalue weighted by Gasteiger charge is -2.34. The van der Waals surface area contributed by atoms with Gasteiger partial charge in [0, 0.05) is 22.3 Å². The number of hydrogen-bond donors (Lipinski definition) is 4. The van der Waals surface area contributed by atoms with Crippen molar-refractivity contribution >= 4 is 29.2 Å². The van der Waals surface area contributed by atoms with E-state index in [2.05, 4.69) is 71.3 Å². The van der Waals surface area contributed by atoms with E-state index >= 15 is 0 Å². The van der Waals surface area contributed by atoms with E-state index < -0.39 is 11.5 Å². The van der Waals surface area contributed by atoms with Crippen molar-refractivity contribution < 1.29 is 9.90 Å². The summed E-state index contributed by atoms with van der Waals surface area (Å²) < 4.78 is 0. The van der Waals surface area contributed by atoms with Crippen LogP contribution in [0, 0.1) is 0 Å². The number of nitrogens with zero attached hydrogens (tertiary/aromatic N) is 3. The van der Waals surface area contributed by atoms with Crippen molar-refractivity contribution in [3.8, 4) is 0 Å². The highest BCUT2D eigenvalue weighted by Gasteiger charge is 2.32. The molecule has 2 aromatic carbocycles. The number of aromatic carboxylic acids is 1. The van der Waals surface area contributed by atoms with Gasteiger partial charge in [0.1, 0.15) is 5.82 Å². The van der Waals surface area contributed by atoms with E-state index in [9.17, 15) is 9.90 Å². The second-order valence-corrected chi connectivity index (χ2v) is 11.5. The zero-order valence-electron chi connectivity index (χ0n) is 24.6. The van der Waals surface area contributed by atoms with Crippen LogP contribution in [-0.4, -0.2) is 31.6 Å². The van der Waals surface area contributed by atoms with Crippen molar-refractivity contribution in [3.63, 3.8) is 0 Å². The van der Waals surface area contributed by atoms with Crippen molar-refractivity contribution in [2.75, 3.05) is 16.0 Å². The molecule has 0 saturated heterocycles. The van der Waals surface area contributed by atoms with Crippen molar-refractivity contribution in [2.45, 2.75) is 97.6 Å². The number of rotatable bonds is 12. The van der Waals surface area contributed by atoms with Crippen molar-refractivity contribution in [1.29, 1.82) is 0 Å². The quantitative estimate of drug-likeness (QED) is 0.187. The highest BCUT2D eigenvalue weighted by molar-refractivity contribution is 5.87. The number of carboxylic acids is 1. The molecule has 8 nitrogen and oxygen atoms in total. The van der Waals surface area contributed by atoms with E-state index in [0.717, 1.165) is 48.4 Å². The first-order chi connectivity index (χ1) is 18.4. The molecule has 0 atom stereocenters. The summed E-state index contributed by atoms with van der Waals surface area (Å²) in [5.74, 6) is 0.696. The van der Waals surface area contributed by atoms with Gasteiger partial charge in [-0.2, -0.15) is 15.0 Å². The Hall–Kier alpha value is -3.68. The van der Waals surface area contributed by atoms with E-state index in [4.69, 9.17) is 15.0 Å². The van der Waals surface area contributed by atoms with Crippen LogP contribution < -0.4 is 16.0 Å². The largest absolute Gasteiger partial charge is 0.478 e. The molecule has 0 fully saturated rings. The molecule has 0 spiro atoms. The number of carbonyl (C=O) groups is 1. The molecule has 3 aromatic rings. The Balaban J connectivity index is 2.08. The fourth-order valence-corrected chi connectivity index (χ4v) is 4.63. The first-order valence-corrected chi connectivity index (χ1v) is 13.9. The number of aromatic nitrogens is 3. The summed E-state index contributed by atoms with van der Waals surface area (Å²) >= 11 is 0. The van der Waals surface area contributed by atoms with E-state index in [1.165, 1.54) is 0 Å². The Morgan fingerprint density at radius 1 is 0.769 bits per heavy atom. The van der Waals surface area contributed by atoms with Crippen LogP contribution >= 0.6 is 0 Å². The lowest BCUT2D eigenvalue weighted by atomic mass is 9.83. The standard InChI is InChI=1S/C31H44N6O2/c1-9-30(8,10-2)26-33-27(32-23-17-14-18-24(20-23)36-29(5,6)7)35-28(34-26)37-31(11-3,12-4)22-16-13-15-21(19-22)25(38)39/h13-20,36H,9-12H2,1-8H3,(H,38,39)(H2,32,33,34,35,37). The van der Waals surface area contributed by atoms with Crippen LogP contribution in [0.1, 0.15) is 103 Å². The first-order valence-electron chi connectivity index (χ1n) is 13.9. The molecule has 1 heterocycles. The van der Waals surface area contributed by atoms with Crippen LogP contribution in [0.2, 0.25) is 0 Å². The highest BCUT2D eigenvalue weighted by atomic mass is 16.4. The molecule has 0 bridgehead atoms.